The lowest BCUT2D eigenvalue weighted by Gasteiger charge is -2.10. The number of nitrogens with one attached hydrogen (secondary N) is 1. The molecular formula is C24H16ClN3O3. The number of carbonyl (C=O) groups excluding carboxylic acids is 1. The van der Waals surface area contributed by atoms with Crippen LogP contribution < -0.4 is 10.1 Å². The number of halogens is 1. The molecule has 0 fully saturated rings. The molecule has 6 nitrogen and oxygen atoms in total. The molecule has 1 N–H and O–H groups in total. The SMILES string of the molecule is N#C/C(=C\c1cc(Cl)ccc1OCC(=O)Nc1ccccc1)c1nc2ccccc2o1. The largest absolute Gasteiger partial charge is 0.483 e. The molecule has 0 aliphatic carbocycles. The molecule has 0 spiro atoms. The number of fused-ring (bicyclic) bond motifs is 1. The highest BCUT2D eigenvalue weighted by atomic mass is 35.5. The maximum absolute atomic E-state index is 12.2. The fraction of sp³-hybridized carbons (Fsp3) is 0.0417. The minimum absolute atomic E-state index is 0.191. The van der Waals surface area contributed by atoms with E-state index in [0.29, 0.717) is 33.1 Å². The fourth-order valence-corrected chi connectivity index (χ4v) is 3.09. The van der Waals surface area contributed by atoms with Gasteiger partial charge in [-0.15, -0.1) is 0 Å². The van der Waals surface area contributed by atoms with Crippen molar-refractivity contribution in [3.63, 3.8) is 0 Å². The van der Waals surface area contributed by atoms with Crippen molar-refractivity contribution < 1.29 is 13.9 Å². The van der Waals surface area contributed by atoms with Crippen LogP contribution in [0.3, 0.4) is 0 Å². The lowest BCUT2D eigenvalue weighted by atomic mass is 10.1. The van der Waals surface area contributed by atoms with Gasteiger partial charge in [-0.25, -0.2) is 4.98 Å². The number of aromatic nitrogens is 1. The monoisotopic (exact) mass is 429 g/mol. The zero-order chi connectivity index (χ0) is 21.6. The molecule has 0 saturated carbocycles. The van der Waals surface area contributed by atoms with Crippen LogP contribution in [0.5, 0.6) is 5.75 Å². The van der Waals surface area contributed by atoms with E-state index in [0.717, 1.165) is 0 Å². The third kappa shape index (κ3) is 4.92. The van der Waals surface area contributed by atoms with Gasteiger partial charge in [0.2, 0.25) is 5.89 Å². The number of allylic oxidation sites excluding steroid dienone is 1. The normalized spacial score (nSPS) is 11.2. The summed E-state index contributed by atoms with van der Waals surface area (Å²) in [5, 5.41) is 12.9. The summed E-state index contributed by atoms with van der Waals surface area (Å²) in [6.07, 6.45) is 1.57. The van der Waals surface area contributed by atoms with Crippen LogP contribution in [-0.2, 0) is 4.79 Å². The molecule has 1 amide bonds. The number of para-hydroxylation sites is 3. The summed E-state index contributed by atoms with van der Waals surface area (Å²) < 4.78 is 11.4. The van der Waals surface area contributed by atoms with Gasteiger partial charge in [0, 0.05) is 16.3 Å². The Bertz CT molecular complexity index is 1270. The Morgan fingerprint density at radius 1 is 1.13 bits per heavy atom. The average molecular weight is 430 g/mol. The molecule has 4 rings (SSSR count). The van der Waals surface area contributed by atoms with E-state index < -0.39 is 0 Å². The molecule has 0 saturated heterocycles. The van der Waals surface area contributed by atoms with E-state index in [-0.39, 0.29) is 24.0 Å². The minimum Gasteiger partial charge on any atom is -0.483 e. The van der Waals surface area contributed by atoms with Crippen molar-refractivity contribution in [1.82, 2.24) is 4.98 Å². The fourth-order valence-electron chi connectivity index (χ4n) is 2.91. The molecule has 152 valence electrons. The molecule has 0 radical (unpaired) electrons. The topological polar surface area (TPSA) is 88.1 Å². The number of oxazole rings is 1. The predicted octanol–water partition coefficient (Wildman–Crippen LogP) is 5.56. The summed E-state index contributed by atoms with van der Waals surface area (Å²) >= 11 is 6.14. The van der Waals surface area contributed by atoms with Gasteiger partial charge in [-0.1, -0.05) is 41.9 Å². The highest BCUT2D eigenvalue weighted by Crippen LogP contribution is 2.28. The lowest BCUT2D eigenvalue weighted by Crippen LogP contribution is -2.20. The van der Waals surface area contributed by atoms with Crippen molar-refractivity contribution in [2.45, 2.75) is 0 Å². The number of benzene rings is 3. The van der Waals surface area contributed by atoms with Crippen LogP contribution in [0.2, 0.25) is 5.02 Å². The third-order valence-electron chi connectivity index (χ3n) is 4.33. The zero-order valence-corrected chi connectivity index (χ0v) is 17.0. The van der Waals surface area contributed by atoms with Gasteiger partial charge in [0.25, 0.3) is 5.91 Å². The van der Waals surface area contributed by atoms with Crippen LogP contribution >= 0.6 is 11.6 Å². The van der Waals surface area contributed by atoms with Crippen LogP contribution in [0.4, 0.5) is 5.69 Å². The van der Waals surface area contributed by atoms with E-state index in [1.54, 1.807) is 48.5 Å². The van der Waals surface area contributed by atoms with Crippen molar-refractivity contribution in [3.05, 3.63) is 89.3 Å². The second kappa shape index (κ2) is 9.16. The number of nitriles is 1. The van der Waals surface area contributed by atoms with Gasteiger partial charge in [-0.05, 0) is 48.5 Å². The van der Waals surface area contributed by atoms with Crippen molar-refractivity contribution in [3.8, 4) is 11.8 Å². The van der Waals surface area contributed by atoms with Crippen molar-refractivity contribution in [2.75, 3.05) is 11.9 Å². The Kier molecular flexibility index (Phi) is 5.97. The zero-order valence-electron chi connectivity index (χ0n) is 16.2. The molecule has 0 atom stereocenters. The predicted molar refractivity (Wildman–Crippen MR) is 120 cm³/mol. The Labute approximate surface area is 183 Å². The maximum atomic E-state index is 12.2. The van der Waals surface area contributed by atoms with Gasteiger partial charge in [-0.2, -0.15) is 5.26 Å². The van der Waals surface area contributed by atoms with Gasteiger partial charge in [0.05, 0.1) is 0 Å². The Morgan fingerprint density at radius 3 is 2.68 bits per heavy atom. The Hall–Kier alpha value is -4.08. The highest BCUT2D eigenvalue weighted by molar-refractivity contribution is 6.30. The number of hydrogen-bond donors (Lipinski definition) is 1. The number of amides is 1. The molecule has 0 bridgehead atoms. The number of hydrogen-bond acceptors (Lipinski definition) is 5. The van der Waals surface area contributed by atoms with Gasteiger partial charge < -0.3 is 14.5 Å². The quantitative estimate of drug-likeness (QED) is 0.405. The van der Waals surface area contributed by atoms with Crippen LogP contribution in [0.1, 0.15) is 11.5 Å². The van der Waals surface area contributed by atoms with Gasteiger partial charge >= 0.3 is 0 Å². The summed E-state index contributed by atoms with van der Waals surface area (Å²) in [5.41, 5.74) is 2.64. The van der Waals surface area contributed by atoms with Crippen LogP contribution in [0, 0.1) is 11.3 Å². The summed E-state index contributed by atoms with van der Waals surface area (Å²) in [5.74, 6) is 0.281. The highest BCUT2D eigenvalue weighted by Gasteiger charge is 2.13. The molecule has 0 aliphatic heterocycles. The molecular weight excluding hydrogens is 414 g/mol. The number of carbonyl (C=O) groups is 1. The Balaban J connectivity index is 1.57. The molecule has 31 heavy (non-hydrogen) atoms. The van der Waals surface area contributed by atoms with Crippen molar-refractivity contribution in [1.29, 1.82) is 5.26 Å². The van der Waals surface area contributed by atoms with E-state index in [2.05, 4.69) is 16.4 Å². The molecule has 1 aromatic heterocycles. The molecule has 3 aromatic carbocycles. The van der Waals surface area contributed by atoms with Crippen molar-refractivity contribution >= 4 is 45.9 Å². The summed E-state index contributed by atoms with van der Waals surface area (Å²) in [6, 6.07) is 23.4. The van der Waals surface area contributed by atoms with Crippen LogP contribution in [-0.4, -0.2) is 17.5 Å². The lowest BCUT2D eigenvalue weighted by molar-refractivity contribution is -0.118. The maximum Gasteiger partial charge on any atom is 0.262 e. The number of anilines is 1. The second-order valence-corrected chi connectivity index (χ2v) is 6.98. The van der Waals surface area contributed by atoms with Crippen molar-refractivity contribution in [2.24, 2.45) is 0 Å². The average Bonchev–Trinajstić information content (AvgIpc) is 3.21. The van der Waals surface area contributed by atoms with Gasteiger partial charge in [0.15, 0.2) is 12.2 Å². The van der Waals surface area contributed by atoms with Gasteiger partial charge in [0.1, 0.15) is 22.9 Å². The molecule has 0 aliphatic rings. The summed E-state index contributed by atoms with van der Waals surface area (Å²) in [6.45, 7) is -0.206. The molecule has 1 heterocycles. The summed E-state index contributed by atoms with van der Waals surface area (Å²) in [4.78, 5) is 16.6. The first-order chi connectivity index (χ1) is 15.1. The van der Waals surface area contributed by atoms with Crippen LogP contribution in [0.25, 0.3) is 22.7 Å². The van der Waals surface area contributed by atoms with E-state index in [9.17, 15) is 10.1 Å². The first-order valence-electron chi connectivity index (χ1n) is 9.37. The van der Waals surface area contributed by atoms with E-state index in [4.69, 9.17) is 20.8 Å². The first kappa shape index (κ1) is 20.2. The number of nitrogens with zero attached hydrogens (tertiary/aromatic N) is 2. The van der Waals surface area contributed by atoms with E-state index in [1.807, 2.05) is 30.3 Å². The smallest absolute Gasteiger partial charge is 0.262 e. The van der Waals surface area contributed by atoms with E-state index in [1.165, 1.54) is 0 Å². The third-order valence-corrected chi connectivity index (χ3v) is 4.57. The van der Waals surface area contributed by atoms with Crippen LogP contribution in [0.15, 0.2) is 77.2 Å². The second-order valence-electron chi connectivity index (χ2n) is 6.54. The first-order valence-corrected chi connectivity index (χ1v) is 9.75. The van der Waals surface area contributed by atoms with E-state index >= 15 is 0 Å². The Morgan fingerprint density at radius 2 is 1.90 bits per heavy atom. The summed E-state index contributed by atoms with van der Waals surface area (Å²) in [7, 11) is 0. The minimum atomic E-state index is -0.310. The number of ether oxygens (including phenoxy) is 1. The molecule has 0 unspecified atom stereocenters. The molecule has 4 aromatic rings. The molecule has 7 heteroatoms. The standard InChI is InChI=1S/C24H16ClN3O3/c25-18-10-11-21(30-15-23(29)27-19-6-2-1-3-7-19)16(13-18)12-17(14-26)24-28-20-8-4-5-9-22(20)31-24/h1-13H,15H2,(H,27,29)/b17-12+. The van der Waals surface area contributed by atoms with Gasteiger partial charge in [-0.3, -0.25) is 4.79 Å². The number of rotatable bonds is 6.